The molecular weight excluding hydrogens is 276 g/mol. The van der Waals surface area contributed by atoms with Crippen molar-refractivity contribution in [3.05, 3.63) is 29.8 Å². The van der Waals surface area contributed by atoms with Gasteiger partial charge in [-0.2, -0.15) is 4.31 Å². The van der Waals surface area contributed by atoms with E-state index in [-0.39, 0.29) is 17.5 Å². The third kappa shape index (κ3) is 3.20. The molecule has 1 aromatic carbocycles. The third-order valence-electron chi connectivity index (χ3n) is 3.93. The number of aliphatic hydroxyl groups is 1. The Morgan fingerprint density at radius 3 is 2.80 bits per heavy atom. The molecule has 0 bridgehead atoms. The van der Waals surface area contributed by atoms with Gasteiger partial charge in [0.25, 0.3) is 0 Å². The van der Waals surface area contributed by atoms with Gasteiger partial charge in [0.1, 0.15) is 0 Å². The van der Waals surface area contributed by atoms with Gasteiger partial charge in [0.2, 0.25) is 10.0 Å². The normalized spacial score (nSPS) is 20.7. The summed E-state index contributed by atoms with van der Waals surface area (Å²) < 4.78 is 26.5. The number of likely N-dealkylation sites (N-methyl/N-ethyl adjacent to an activating group) is 2. The average Bonchev–Trinajstić information content (AvgIpc) is 2.84. The summed E-state index contributed by atoms with van der Waals surface area (Å²) in [7, 11) is 0.163. The van der Waals surface area contributed by atoms with E-state index < -0.39 is 10.0 Å². The molecule has 1 N–H and O–H groups in total. The number of benzene rings is 1. The highest BCUT2D eigenvalue weighted by Crippen LogP contribution is 2.20. The van der Waals surface area contributed by atoms with Crippen LogP contribution in [0.1, 0.15) is 18.4 Å². The van der Waals surface area contributed by atoms with Gasteiger partial charge in [-0.05, 0) is 44.1 Å². The molecule has 1 aliphatic heterocycles. The number of hydrogen-bond donors (Lipinski definition) is 1. The lowest BCUT2D eigenvalue weighted by atomic mass is 10.2. The maximum atomic E-state index is 12.5. The molecule has 1 heterocycles. The Bertz CT molecular complexity index is 559. The molecule has 0 amide bonds. The molecule has 1 unspecified atom stereocenters. The first-order valence-electron chi connectivity index (χ1n) is 6.81. The first-order chi connectivity index (χ1) is 9.45. The summed E-state index contributed by atoms with van der Waals surface area (Å²) in [5.74, 6) is 0. The standard InChI is InChI=1S/C14H22N2O3S/c1-15-8-4-6-13(15)10-16(2)20(18,19)14-7-3-5-12(9-14)11-17/h3,5,7,9,13,17H,4,6,8,10-11H2,1-2H3. The molecule has 1 aliphatic rings. The van der Waals surface area contributed by atoms with Crippen molar-refractivity contribution < 1.29 is 13.5 Å². The third-order valence-corrected chi connectivity index (χ3v) is 5.75. The minimum atomic E-state index is -3.49. The quantitative estimate of drug-likeness (QED) is 0.877. The minimum absolute atomic E-state index is 0.154. The SMILES string of the molecule is CN1CCCC1CN(C)S(=O)(=O)c1cccc(CO)c1. The fraction of sp³-hybridized carbons (Fsp3) is 0.571. The zero-order chi connectivity index (χ0) is 14.8. The van der Waals surface area contributed by atoms with Gasteiger partial charge in [0.15, 0.2) is 0 Å². The topological polar surface area (TPSA) is 60.9 Å². The van der Waals surface area contributed by atoms with Crippen LogP contribution in [0.5, 0.6) is 0 Å². The summed E-state index contributed by atoms with van der Waals surface area (Å²) in [6.07, 6.45) is 2.15. The summed E-state index contributed by atoms with van der Waals surface area (Å²) in [4.78, 5) is 2.45. The Kier molecular flexibility index (Phi) is 4.80. The number of aliphatic hydroxyl groups excluding tert-OH is 1. The first kappa shape index (κ1) is 15.4. The van der Waals surface area contributed by atoms with Crippen molar-refractivity contribution in [2.75, 3.05) is 27.2 Å². The van der Waals surface area contributed by atoms with Crippen LogP contribution in [0.25, 0.3) is 0 Å². The molecule has 5 nitrogen and oxygen atoms in total. The second-order valence-electron chi connectivity index (χ2n) is 5.37. The lowest BCUT2D eigenvalue weighted by Crippen LogP contribution is -2.39. The molecule has 1 atom stereocenters. The van der Waals surface area contributed by atoms with Crippen molar-refractivity contribution in [3.8, 4) is 0 Å². The maximum absolute atomic E-state index is 12.5. The lowest BCUT2D eigenvalue weighted by molar-refractivity contribution is 0.271. The van der Waals surface area contributed by atoms with Crippen LogP contribution >= 0.6 is 0 Å². The van der Waals surface area contributed by atoms with Crippen molar-refractivity contribution in [1.29, 1.82) is 0 Å². The molecular formula is C14H22N2O3S. The van der Waals surface area contributed by atoms with Gasteiger partial charge >= 0.3 is 0 Å². The minimum Gasteiger partial charge on any atom is -0.392 e. The van der Waals surface area contributed by atoms with Gasteiger partial charge in [-0.15, -0.1) is 0 Å². The molecule has 0 aliphatic carbocycles. The lowest BCUT2D eigenvalue weighted by Gasteiger charge is -2.25. The summed E-state index contributed by atoms with van der Waals surface area (Å²) in [6.45, 7) is 1.37. The molecule has 1 saturated heterocycles. The highest BCUT2D eigenvalue weighted by molar-refractivity contribution is 7.89. The van der Waals surface area contributed by atoms with Gasteiger partial charge in [0, 0.05) is 19.6 Å². The van der Waals surface area contributed by atoms with Crippen molar-refractivity contribution in [3.63, 3.8) is 0 Å². The molecule has 6 heteroatoms. The number of likely N-dealkylation sites (tertiary alicyclic amines) is 1. The van der Waals surface area contributed by atoms with E-state index in [1.54, 1.807) is 25.2 Å². The van der Waals surface area contributed by atoms with Crippen molar-refractivity contribution >= 4 is 10.0 Å². The van der Waals surface area contributed by atoms with Crippen LogP contribution in [-0.4, -0.2) is 56.0 Å². The monoisotopic (exact) mass is 298 g/mol. The fourth-order valence-corrected chi connectivity index (χ4v) is 3.87. The van der Waals surface area contributed by atoms with Gasteiger partial charge in [-0.1, -0.05) is 12.1 Å². The van der Waals surface area contributed by atoms with E-state index in [9.17, 15) is 8.42 Å². The van der Waals surface area contributed by atoms with Crippen LogP contribution in [0.15, 0.2) is 29.2 Å². The Hall–Kier alpha value is -0.950. The highest BCUT2D eigenvalue weighted by Gasteiger charge is 2.28. The maximum Gasteiger partial charge on any atom is 0.242 e. The summed E-state index contributed by atoms with van der Waals surface area (Å²) in [5, 5.41) is 9.12. The van der Waals surface area contributed by atoms with Crippen molar-refractivity contribution in [1.82, 2.24) is 9.21 Å². The molecule has 112 valence electrons. The molecule has 20 heavy (non-hydrogen) atoms. The van der Waals surface area contributed by atoms with Crippen LogP contribution in [0.3, 0.4) is 0 Å². The Balaban J connectivity index is 2.16. The van der Waals surface area contributed by atoms with E-state index >= 15 is 0 Å². The number of rotatable bonds is 5. The van der Waals surface area contributed by atoms with E-state index in [2.05, 4.69) is 4.90 Å². The van der Waals surface area contributed by atoms with E-state index in [0.717, 1.165) is 19.4 Å². The van der Waals surface area contributed by atoms with Crippen molar-refractivity contribution in [2.45, 2.75) is 30.4 Å². The largest absolute Gasteiger partial charge is 0.392 e. The molecule has 0 aromatic heterocycles. The Morgan fingerprint density at radius 2 is 2.20 bits per heavy atom. The first-order valence-corrected chi connectivity index (χ1v) is 8.25. The fourth-order valence-electron chi connectivity index (χ4n) is 2.59. The van der Waals surface area contributed by atoms with E-state index in [1.807, 2.05) is 7.05 Å². The predicted octanol–water partition coefficient (Wildman–Crippen LogP) is 0.894. The Labute approximate surface area is 120 Å². The second kappa shape index (κ2) is 6.22. The molecule has 0 saturated carbocycles. The number of hydrogen-bond acceptors (Lipinski definition) is 4. The van der Waals surface area contributed by atoms with Crippen LogP contribution in [0, 0.1) is 0 Å². The van der Waals surface area contributed by atoms with Crippen molar-refractivity contribution in [2.24, 2.45) is 0 Å². The molecule has 2 rings (SSSR count). The van der Waals surface area contributed by atoms with Crippen LogP contribution < -0.4 is 0 Å². The van der Waals surface area contributed by atoms with E-state index in [1.165, 1.54) is 10.4 Å². The molecule has 1 aromatic rings. The number of nitrogens with zero attached hydrogens (tertiary/aromatic N) is 2. The summed E-state index contributed by atoms with van der Waals surface area (Å²) in [5.41, 5.74) is 0.609. The van der Waals surface area contributed by atoms with Gasteiger partial charge < -0.3 is 10.0 Å². The van der Waals surface area contributed by atoms with Gasteiger partial charge in [-0.25, -0.2) is 8.42 Å². The smallest absolute Gasteiger partial charge is 0.242 e. The van der Waals surface area contributed by atoms with Crippen LogP contribution in [0.4, 0.5) is 0 Å². The molecule has 0 radical (unpaired) electrons. The average molecular weight is 298 g/mol. The van der Waals surface area contributed by atoms with Gasteiger partial charge in [0.05, 0.1) is 11.5 Å². The molecule has 0 spiro atoms. The second-order valence-corrected chi connectivity index (χ2v) is 7.41. The summed E-state index contributed by atoms with van der Waals surface area (Å²) >= 11 is 0. The van der Waals surface area contributed by atoms with E-state index in [4.69, 9.17) is 5.11 Å². The zero-order valence-corrected chi connectivity index (χ0v) is 12.8. The van der Waals surface area contributed by atoms with Crippen LogP contribution in [-0.2, 0) is 16.6 Å². The molecule has 1 fully saturated rings. The number of sulfonamides is 1. The predicted molar refractivity (Wildman–Crippen MR) is 77.8 cm³/mol. The van der Waals surface area contributed by atoms with E-state index in [0.29, 0.717) is 12.1 Å². The Morgan fingerprint density at radius 1 is 1.45 bits per heavy atom. The zero-order valence-electron chi connectivity index (χ0n) is 12.0. The van der Waals surface area contributed by atoms with Gasteiger partial charge in [-0.3, -0.25) is 0 Å². The van der Waals surface area contributed by atoms with Crippen LogP contribution in [0.2, 0.25) is 0 Å². The highest BCUT2D eigenvalue weighted by atomic mass is 32.2. The summed E-state index contributed by atoms with van der Waals surface area (Å²) in [6, 6.07) is 6.77.